The van der Waals surface area contributed by atoms with Gasteiger partial charge in [0.25, 0.3) is 0 Å². The van der Waals surface area contributed by atoms with Gasteiger partial charge in [-0.1, -0.05) is 43.7 Å². The van der Waals surface area contributed by atoms with Crippen LogP contribution < -0.4 is 5.32 Å². The second-order valence-electron chi connectivity index (χ2n) is 7.40. The highest BCUT2D eigenvalue weighted by molar-refractivity contribution is 5.76. The molecule has 146 valence electrons. The standard InChI is InChI=1S/C23H32N2O2/c1-3-21-20(16-24-2)19-14-15-25(17-22(19)27-21)23(26)13-9-5-8-12-18-10-6-4-7-11-18/h4,6-7,10-11,24H,3,5,8-9,12-17H2,1-2H3. The van der Waals surface area contributed by atoms with Gasteiger partial charge in [-0.3, -0.25) is 4.79 Å². The molecule has 0 spiro atoms. The number of furan rings is 1. The first-order chi connectivity index (χ1) is 13.2. The van der Waals surface area contributed by atoms with Crippen molar-refractivity contribution >= 4 is 5.91 Å². The molecule has 0 atom stereocenters. The summed E-state index contributed by atoms with van der Waals surface area (Å²) in [4.78, 5) is 14.6. The lowest BCUT2D eigenvalue weighted by Crippen LogP contribution is -2.35. The molecule has 4 heteroatoms. The summed E-state index contributed by atoms with van der Waals surface area (Å²) in [5.41, 5.74) is 4.02. The van der Waals surface area contributed by atoms with Gasteiger partial charge in [-0.2, -0.15) is 0 Å². The Morgan fingerprint density at radius 2 is 2.00 bits per heavy atom. The number of amides is 1. The van der Waals surface area contributed by atoms with Gasteiger partial charge in [-0.15, -0.1) is 0 Å². The minimum absolute atomic E-state index is 0.268. The lowest BCUT2D eigenvalue weighted by Gasteiger charge is -2.26. The van der Waals surface area contributed by atoms with Crippen molar-refractivity contribution in [3.05, 3.63) is 58.5 Å². The summed E-state index contributed by atoms with van der Waals surface area (Å²) >= 11 is 0. The van der Waals surface area contributed by atoms with Gasteiger partial charge < -0.3 is 14.6 Å². The molecule has 2 aromatic rings. The third-order valence-electron chi connectivity index (χ3n) is 5.48. The van der Waals surface area contributed by atoms with Crippen molar-refractivity contribution in [1.29, 1.82) is 0 Å². The molecule has 1 aliphatic rings. The Morgan fingerprint density at radius 3 is 2.74 bits per heavy atom. The summed E-state index contributed by atoms with van der Waals surface area (Å²) in [5.74, 6) is 2.34. The Morgan fingerprint density at radius 1 is 1.19 bits per heavy atom. The molecule has 0 bridgehead atoms. The van der Waals surface area contributed by atoms with Crippen LogP contribution in [0.3, 0.4) is 0 Å². The number of rotatable bonds is 9. The minimum Gasteiger partial charge on any atom is -0.464 e. The highest BCUT2D eigenvalue weighted by Gasteiger charge is 2.27. The molecule has 0 aliphatic carbocycles. The second kappa shape index (κ2) is 9.75. The average molecular weight is 369 g/mol. The maximum atomic E-state index is 12.6. The molecule has 27 heavy (non-hydrogen) atoms. The molecule has 0 fully saturated rings. The predicted molar refractivity (Wildman–Crippen MR) is 109 cm³/mol. The van der Waals surface area contributed by atoms with Crippen LogP contribution in [0.2, 0.25) is 0 Å². The number of carbonyl (C=O) groups excluding carboxylic acids is 1. The maximum absolute atomic E-state index is 12.6. The second-order valence-corrected chi connectivity index (χ2v) is 7.40. The van der Waals surface area contributed by atoms with Crippen molar-refractivity contribution in [2.75, 3.05) is 13.6 Å². The van der Waals surface area contributed by atoms with E-state index in [1.165, 1.54) is 16.7 Å². The molecule has 1 amide bonds. The van der Waals surface area contributed by atoms with Crippen molar-refractivity contribution in [2.45, 2.75) is 65.0 Å². The lowest BCUT2D eigenvalue weighted by molar-refractivity contribution is -0.132. The number of hydrogen-bond donors (Lipinski definition) is 1. The molecular weight excluding hydrogens is 336 g/mol. The Bertz CT molecular complexity index is 736. The van der Waals surface area contributed by atoms with Crippen molar-refractivity contribution in [3.8, 4) is 0 Å². The molecule has 4 nitrogen and oxygen atoms in total. The Kier molecular flexibility index (Phi) is 7.11. The van der Waals surface area contributed by atoms with Crippen molar-refractivity contribution < 1.29 is 9.21 Å². The van der Waals surface area contributed by atoms with Crippen LogP contribution in [-0.4, -0.2) is 24.4 Å². The number of benzene rings is 1. The van der Waals surface area contributed by atoms with E-state index in [1.807, 2.05) is 11.9 Å². The van der Waals surface area contributed by atoms with E-state index >= 15 is 0 Å². The molecule has 1 aromatic heterocycles. The first-order valence-corrected chi connectivity index (χ1v) is 10.3. The zero-order valence-corrected chi connectivity index (χ0v) is 16.7. The molecule has 0 unspecified atom stereocenters. The van der Waals surface area contributed by atoms with Crippen LogP contribution >= 0.6 is 0 Å². The van der Waals surface area contributed by atoms with Gasteiger partial charge in [-0.05, 0) is 38.3 Å². The van der Waals surface area contributed by atoms with Crippen molar-refractivity contribution in [3.63, 3.8) is 0 Å². The fourth-order valence-electron chi connectivity index (χ4n) is 3.99. The third kappa shape index (κ3) is 5.01. The van der Waals surface area contributed by atoms with E-state index < -0.39 is 0 Å². The van der Waals surface area contributed by atoms with Crippen molar-refractivity contribution in [1.82, 2.24) is 10.2 Å². The molecule has 3 rings (SSSR count). The number of hydrogen-bond acceptors (Lipinski definition) is 3. The summed E-state index contributed by atoms with van der Waals surface area (Å²) in [7, 11) is 1.97. The SMILES string of the molecule is CCc1oc2c(c1CNC)CCN(C(=O)CCCCCc1ccccc1)C2. The number of nitrogens with one attached hydrogen (secondary N) is 1. The first-order valence-electron chi connectivity index (χ1n) is 10.3. The van der Waals surface area contributed by atoms with E-state index in [1.54, 1.807) is 0 Å². The number of carbonyl (C=O) groups is 1. The lowest BCUT2D eigenvalue weighted by atomic mass is 10.00. The highest BCUT2D eigenvalue weighted by atomic mass is 16.3. The fourth-order valence-corrected chi connectivity index (χ4v) is 3.99. The van der Waals surface area contributed by atoms with Crippen LogP contribution in [0.15, 0.2) is 34.7 Å². The van der Waals surface area contributed by atoms with Crippen molar-refractivity contribution in [2.24, 2.45) is 0 Å². The quantitative estimate of drug-likeness (QED) is 0.673. The zero-order valence-electron chi connectivity index (χ0n) is 16.7. The van der Waals surface area contributed by atoms with Crippen LogP contribution in [-0.2, 0) is 37.1 Å². The van der Waals surface area contributed by atoms with E-state index in [9.17, 15) is 4.79 Å². The van der Waals surface area contributed by atoms with E-state index in [0.29, 0.717) is 13.0 Å². The van der Waals surface area contributed by atoms with Crippen LogP contribution in [0, 0.1) is 0 Å². The number of nitrogens with zero attached hydrogens (tertiary/aromatic N) is 1. The minimum atomic E-state index is 0.268. The molecule has 1 N–H and O–H groups in total. The Balaban J connectivity index is 1.45. The van der Waals surface area contributed by atoms with Gasteiger partial charge in [0.1, 0.15) is 11.5 Å². The Hall–Kier alpha value is -2.07. The number of aryl methyl sites for hydroxylation is 2. The maximum Gasteiger partial charge on any atom is 0.222 e. The largest absolute Gasteiger partial charge is 0.464 e. The van der Waals surface area contributed by atoms with E-state index in [4.69, 9.17) is 4.42 Å². The highest BCUT2D eigenvalue weighted by Crippen LogP contribution is 2.29. The topological polar surface area (TPSA) is 45.5 Å². The van der Waals surface area contributed by atoms with E-state index in [0.717, 1.165) is 63.1 Å². The molecule has 0 saturated heterocycles. The first kappa shape index (κ1) is 19.7. The van der Waals surface area contributed by atoms with Crippen LogP contribution in [0.4, 0.5) is 0 Å². The summed E-state index contributed by atoms with van der Waals surface area (Å²) in [6.45, 7) is 4.42. The zero-order chi connectivity index (χ0) is 19.1. The van der Waals surface area contributed by atoms with Gasteiger partial charge in [0.2, 0.25) is 5.91 Å². The normalized spacial score (nSPS) is 13.6. The van der Waals surface area contributed by atoms with Gasteiger partial charge in [0.15, 0.2) is 0 Å². The molecule has 0 saturated carbocycles. The summed E-state index contributed by atoms with van der Waals surface area (Å²) in [5, 5.41) is 3.24. The van der Waals surface area contributed by atoms with Gasteiger partial charge in [0.05, 0.1) is 6.54 Å². The van der Waals surface area contributed by atoms with Crippen LogP contribution in [0.1, 0.15) is 60.8 Å². The molecule has 1 aromatic carbocycles. The fraction of sp³-hybridized carbons (Fsp3) is 0.522. The molecule has 2 heterocycles. The van der Waals surface area contributed by atoms with Crippen LogP contribution in [0.25, 0.3) is 0 Å². The van der Waals surface area contributed by atoms with E-state index in [-0.39, 0.29) is 5.91 Å². The molecular formula is C23H32N2O2. The number of unbranched alkanes of at least 4 members (excludes halogenated alkanes) is 2. The smallest absolute Gasteiger partial charge is 0.222 e. The third-order valence-corrected chi connectivity index (χ3v) is 5.48. The van der Waals surface area contributed by atoms with Gasteiger partial charge in [0, 0.05) is 37.1 Å². The molecule has 0 radical (unpaired) electrons. The predicted octanol–water partition coefficient (Wildman–Crippen LogP) is 4.25. The summed E-state index contributed by atoms with van der Waals surface area (Å²) in [6.07, 6.45) is 6.78. The summed E-state index contributed by atoms with van der Waals surface area (Å²) < 4.78 is 6.08. The van der Waals surface area contributed by atoms with E-state index in [2.05, 4.69) is 42.6 Å². The monoisotopic (exact) mass is 368 g/mol. The summed E-state index contributed by atoms with van der Waals surface area (Å²) in [6, 6.07) is 10.6. The van der Waals surface area contributed by atoms with Gasteiger partial charge >= 0.3 is 0 Å². The number of fused-ring (bicyclic) bond motifs is 1. The van der Waals surface area contributed by atoms with Crippen LogP contribution in [0.5, 0.6) is 0 Å². The van der Waals surface area contributed by atoms with Gasteiger partial charge in [-0.25, -0.2) is 0 Å². The molecule has 1 aliphatic heterocycles. The Labute approximate surface area is 162 Å². The average Bonchev–Trinajstić information content (AvgIpc) is 3.05.